The SMILES string of the molecule is CN1CCN(CC(O)CN(C)C(=O)Cc2c[nH]c3ncccc23)CC1. The van der Waals surface area contributed by atoms with Crippen molar-refractivity contribution < 1.29 is 9.90 Å². The van der Waals surface area contributed by atoms with Gasteiger partial charge in [0.1, 0.15) is 5.65 Å². The van der Waals surface area contributed by atoms with Crippen molar-refractivity contribution in [2.24, 2.45) is 0 Å². The number of nitrogens with one attached hydrogen (secondary N) is 1. The minimum absolute atomic E-state index is 0.00202. The van der Waals surface area contributed by atoms with Crippen LogP contribution in [0.2, 0.25) is 0 Å². The third-order valence-electron chi connectivity index (χ3n) is 4.85. The van der Waals surface area contributed by atoms with Gasteiger partial charge in [-0.2, -0.15) is 0 Å². The van der Waals surface area contributed by atoms with Crippen LogP contribution in [0, 0.1) is 0 Å². The van der Waals surface area contributed by atoms with Gasteiger partial charge in [0.15, 0.2) is 0 Å². The van der Waals surface area contributed by atoms with E-state index in [1.54, 1.807) is 18.1 Å². The molecule has 1 saturated heterocycles. The van der Waals surface area contributed by atoms with Crippen molar-refractivity contribution in [1.82, 2.24) is 24.7 Å². The molecule has 0 saturated carbocycles. The van der Waals surface area contributed by atoms with Gasteiger partial charge in [0.05, 0.1) is 12.5 Å². The molecule has 2 aromatic rings. The summed E-state index contributed by atoms with van der Waals surface area (Å²) >= 11 is 0. The number of nitrogens with zero attached hydrogens (tertiary/aromatic N) is 4. The highest BCUT2D eigenvalue weighted by Crippen LogP contribution is 2.16. The Morgan fingerprint density at radius 1 is 1.40 bits per heavy atom. The van der Waals surface area contributed by atoms with Gasteiger partial charge in [-0.3, -0.25) is 9.69 Å². The second-order valence-electron chi connectivity index (χ2n) is 6.92. The van der Waals surface area contributed by atoms with Crippen LogP contribution in [0.5, 0.6) is 0 Å². The van der Waals surface area contributed by atoms with Crippen LogP contribution < -0.4 is 0 Å². The summed E-state index contributed by atoms with van der Waals surface area (Å²) in [6.07, 6.45) is 3.35. The Morgan fingerprint density at radius 3 is 2.92 bits per heavy atom. The monoisotopic (exact) mass is 345 g/mol. The smallest absolute Gasteiger partial charge is 0.226 e. The number of rotatable bonds is 6. The Bertz CT molecular complexity index is 708. The molecule has 0 aromatic carbocycles. The molecule has 1 aliphatic heterocycles. The summed E-state index contributed by atoms with van der Waals surface area (Å²) in [5, 5.41) is 11.3. The van der Waals surface area contributed by atoms with Crippen LogP contribution >= 0.6 is 0 Å². The molecule has 3 heterocycles. The second kappa shape index (κ2) is 7.95. The number of likely N-dealkylation sites (N-methyl/N-ethyl adjacent to an activating group) is 2. The number of hydrogen-bond donors (Lipinski definition) is 2. The maximum atomic E-state index is 12.5. The lowest BCUT2D eigenvalue weighted by molar-refractivity contribution is -0.130. The van der Waals surface area contributed by atoms with Gasteiger partial charge < -0.3 is 19.9 Å². The predicted molar refractivity (Wildman–Crippen MR) is 97.4 cm³/mol. The van der Waals surface area contributed by atoms with Gasteiger partial charge in [-0.15, -0.1) is 0 Å². The van der Waals surface area contributed by atoms with Crippen LogP contribution in [0.15, 0.2) is 24.5 Å². The summed E-state index contributed by atoms with van der Waals surface area (Å²) in [4.78, 5) is 26.0. The molecular weight excluding hydrogens is 318 g/mol. The first kappa shape index (κ1) is 17.8. The fourth-order valence-electron chi connectivity index (χ4n) is 3.26. The standard InChI is InChI=1S/C18H27N5O2/c1-21-6-8-23(9-7-21)13-15(24)12-22(2)17(25)10-14-11-20-18-16(14)4-3-5-19-18/h3-5,11,15,24H,6-10,12-13H2,1-2H3,(H,19,20). The first-order valence-corrected chi connectivity index (χ1v) is 8.77. The van der Waals surface area contributed by atoms with Crippen LogP contribution in [0.1, 0.15) is 5.56 Å². The number of aliphatic hydroxyl groups is 1. The number of pyridine rings is 1. The van der Waals surface area contributed by atoms with Crippen LogP contribution in [0.25, 0.3) is 11.0 Å². The first-order chi connectivity index (χ1) is 12.0. The fraction of sp³-hybridized carbons (Fsp3) is 0.556. The molecule has 2 N–H and O–H groups in total. The minimum Gasteiger partial charge on any atom is -0.390 e. The number of aromatic nitrogens is 2. The lowest BCUT2D eigenvalue weighted by Gasteiger charge is -2.34. The van der Waals surface area contributed by atoms with E-state index in [-0.39, 0.29) is 5.91 Å². The lowest BCUT2D eigenvalue weighted by atomic mass is 10.1. The molecular formula is C18H27N5O2. The molecule has 1 atom stereocenters. The van der Waals surface area contributed by atoms with E-state index in [0.29, 0.717) is 19.5 Å². The Hall–Kier alpha value is -1.96. The van der Waals surface area contributed by atoms with E-state index in [1.807, 2.05) is 18.3 Å². The zero-order valence-electron chi connectivity index (χ0n) is 15.0. The molecule has 1 amide bonds. The maximum Gasteiger partial charge on any atom is 0.226 e. The van der Waals surface area contributed by atoms with E-state index < -0.39 is 6.10 Å². The highest BCUT2D eigenvalue weighted by molar-refractivity contribution is 5.87. The molecule has 1 aliphatic rings. The molecule has 7 nitrogen and oxygen atoms in total. The second-order valence-corrected chi connectivity index (χ2v) is 6.92. The highest BCUT2D eigenvalue weighted by atomic mass is 16.3. The minimum atomic E-state index is -0.526. The Morgan fingerprint density at radius 2 is 2.16 bits per heavy atom. The van der Waals surface area contributed by atoms with Crippen molar-refractivity contribution in [2.45, 2.75) is 12.5 Å². The molecule has 1 fully saturated rings. The van der Waals surface area contributed by atoms with Crippen molar-refractivity contribution in [1.29, 1.82) is 0 Å². The number of carbonyl (C=O) groups excluding carboxylic acids is 1. The molecule has 0 aliphatic carbocycles. The van der Waals surface area contributed by atoms with Crippen molar-refractivity contribution in [3.05, 3.63) is 30.1 Å². The number of fused-ring (bicyclic) bond motifs is 1. The van der Waals surface area contributed by atoms with Gasteiger partial charge in [-0.25, -0.2) is 4.98 Å². The van der Waals surface area contributed by atoms with Crippen molar-refractivity contribution in [3.63, 3.8) is 0 Å². The highest BCUT2D eigenvalue weighted by Gasteiger charge is 2.20. The Balaban J connectivity index is 1.50. The molecule has 25 heavy (non-hydrogen) atoms. The van der Waals surface area contributed by atoms with Gasteiger partial charge in [-0.05, 0) is 24.7 Å². The average Bonchev–Trinajstić information content (AvgIpc) is 3.00. The van der Waals surface area contributed by atoms with Crippen molar-refractivity contribution in [2.75, 3.05) is 53.4 Å². The molecule has 1 unspecified atom stereocenters. The van der Waals surface area contributed by atoms with Crippen molar-refractivity contribution in [3.8, 4) is 0 Å². The number of carbonyl (C=O) groups is 1. The fourth-order valence-corrected chi connectivity index (χ4v) is 3.26. The van der Waals surface area contributed by atoms with Crippen LogP contribution in [0.3, 0.4) is 0 Å². The zero-order chi connectivity index (χ0) is 17.8. The third kappa shape index (κ3) is 4.56. The van der Waals surface area contributed by atoms with E-state index in [4.69, 9.17) is 0 Å². The summed E-state index contributed by atoms with van der Waals surface area (Å²) in [6.45, 7) is 4.95. The van der Waals surface area contributed by atoms with E-state index in [1.165, 1.54) is 0 Å². The van der Waals surface area contributed by atoms with Crippen LogP contribution in [-0.2, 0) is 11.2 Å². The summed E-state index contributed by atoms with van der Waals surface area (Å²) in [6, 6.07) is 3.83. The Kier molecular flexibility index (Phi) is 5.67. The number of aromatic amines is 1. The largest absolute Gasteiger partial charge is 0.390 e. The number of piperazine rings is 1. The number of H-pyrrole nitrogens is 1. The predicted octanol–water partition coefficient (Wildman–Crippen LogP) is 0.172. The van der Waals surface area contributed by atoms with Gasteiger partial charge in [-0.1, -0.05) is 0 Å². The quantitative estimate of drug-likeness (QED) is 0.781. The van der Waals surface area contributed by atoms with E-state index in [0.717, 1.165) is 42.8 Å². The molecule has 0 radical (unpaired) electrons. The number of aliphatic hydroxyl groups excluding tert-OH is 1. The van der Waals surface area contributed by atoms with Gasteiger partial charge in [0, 0.05) is 64.1 Å². The van der Waals surface area contributed by atoms with E-state index in [9.17, 15) is 9.90 Å². The molecule has 3 rings (SSSR count). The summed E-state index contributed by atoms with van der Waals surface area (Å²) in [5.41, 5.74) is 1.73. The zero-order valence-corrected chi connectivity index (χ0v) is 15.0. The summed E-state index contributed by atoms with van der Waals surface area (Å²) in [7, 11) is 3.86. The Labute approximate surface area is 148 Å². The summed E-state index contributed by atoms with van der Waals surface area (Å²) in [5.74, 6) is 0.00202. The molecule has 0 bridgehead atoms. The number of β-amino-alcohol motifs (C(OH)–C–C–N with tert-alkyl or cyclic N) is 1. The van der Waals surface area contributed by atoms with Gasteiger partial charge in [0.25, 0.3) is 0 Å². The summed E-state index contributed by atoms with van der Waals surface area (Å²) < 4.78 is 0. The average molecular weight is 345 g/mol. The topological polar surface area (TPSA) is 75.7 Å². The van der Waals surface area contributed by atoms with E-state index >= 15 is 0 Å². The van der Waals surface area contributed by atoms with Crippen LogP contribution in [0.4, 0.5) is 0 Å². The molecule has 0 spiro atoms. The van der Waals surface area contributed by atoms with Gasteiger partial charge >= 0.3 is 0 Å². The number of amides is 1. The molecule has 7 heteroatoms. The van der Waals surface area contributed by atoms with Crippen LogP contribution in [-0.4, -0.2) is 95.1 Å². The lowest BCUT2D eigenvalue weighted by Crippen LogP contribution is -2.49. The maximum absolute atomic E-state index is 12.5. The van der Waals surface area contributed by atoms with Gasteiger partial charge in [0.2, 0.25) is 5.91 Å². The molecule has 136 valence electrons. The van der Waals surface area contributed by atoms with E-state index in [2.05, 4.69) is 26.8 Å². The molecule has 2 aromatic heterocycles. The third-order valence-corrected chi connectivity index (χ3v) is 4.85. The number of hydrogen-bond acceptors (Lipinski definition) is 5. The normalized spacial score (nSPS) is 17.7. The van der Waals surface area contributed by atoms with Crippen molar-refractivity contribution >= 4 is 16.9 Å². The first-order valence-electron chi connectivity index (χ1n) is 8.77.